The number of fused-ring (bicyclic) bond motifs is 1. The summed E-state index contributed by atoms with van der Waals surface area (Å²) < 4.78 is 10.5. The Kier molecular flexibility index (Phi) is 7.95. The predicted octanol–water partition coefficient (Wildman–Crippen LogP) is 1.30. The van der Waals surface area contributed by atoms with E-state index in [0.717, 1.165) is 0 Å². The highest BCUT2D eigenvalue weighted by Gasteiger charge is 2.30. The third-order valence-corrected chi connectivity index (χ3v) is 5.94. The van der Waals surface area contributed by atoms with Gasteiger partial charge in [0.2, 0.25) is 18.6 Å². The van der Waals surface area contributed by atoms with Crippen molar-refractivity contribution in [1.29, 1.82) is 0 Å². The molecular weight excluding hydrogens is 414 g/mol. The van der Waals surface area contributed by atoms with E-state index >= 15 is 0 Å². The molecule has 0 aliphatic carbocycles. The van der Waals surface area contributed by atoms with E-state index < -0.39 is 12.1 Å². The summed E-state index contributed by atoms with van der Waals surface area (Å²) >= 11 is 0. The Bertz CT molecular complexity index is 835. The number of ether oxygens (including phenoxy) is 2. The number of carbonyl (C=O) groups is 3. The molecule has 0 spiro atoms. The summed E-state index contributed by atoms with van der Waals surface area (Å²) in [4.78, 5) is 38.6. The van der Waals surface area contributed by atoms with Crippen molar-refractivity contribution in [3.05, 3.63) is 23.8 Å². The predicted molar refractivity (Wildman–Crippen MR) is 117 cm³/mol. The maximum atomic E-state index is 12.8. The Morgan fingerprint density at radius 1 is 1.16 bits per heavy atom. The van der Waals surface area contributed by atoms with Crippen LogP contribution in [0, 0.1) is 11.8 Å². The van der Waals surface area contributed by atoms with Gasteiger partial charge in [-0.25, -0.2) is 0 Å². The van der Waals surface area contributed by atoms with Crippen molar-refractivity contribution in [2.75, 3.05) is 26.4 Å². The average Bonchev–Trinajstić information content (AvgIpc) is 3.24. The highest BCUT2D eigenvalue weighted by Crippen LogP contribution is 2.32. The number of nitrogens with zero attached hydrogens (tertiary/aromatic N) is 1. The zero-order chi connectivity index (χ0) is 23.3. The van der Waals surface area contributed by atoms with E-state index in [1.165, 1.54) is 6.92 Å². The van der Waals surface area contributed by atoms with Crippen molar-refractivity contribution < 1.29 is 29.0 Å². The molecule has 32 heavy (non-hydrogen) atoms. The SMILES string of the molecule is CC(=O)N1CCC(C(=O)NC(CC(C)C)C(O)CNC(=O)c2ccc3c(c2)OCO3)CC1. The maximum Gasteiger partial charge on any atom is 0.251 e. The van der Waals surface area contributed by atoms with Crippen LogP contribution in [0.5, 0.6) is 11.5 Å². The second-order valence-corrected chi connectivity index (χ2v) is 8.87. The Morgan fingerprint density at radius 3 is 2.50 bits per heavy atom. The maximum absolute atomic E-state index is 12.8. The Balaban J connectivity index is 1.53. The van der Waals surface area contributed by atoms with Gasteiger partial charge in [0.15, 0.2) is 11.5 Å². The number of hydrogen-bond donors (Lipinski definition) is 3. The second-order valence-electron chi connectivity index (χ2n) is 8.87. The van der Waals surface area contributed by atoms with Crippen LogP contribution in [0.25, 0.3) is 0 Å². The van der Waals surface area contributed by atoms with Crippen molar-refractivity contribution in [3.8, 4) is 11.5 Å². The monoisotopic (exact) mass is 447 g/mol. The first kappa shape index (κ1) is 23.8. The largest absolute Gasteiger partial charge is 0.454 e. The second kappa shape index (κ2) is 10.7. The van der Waals surface area contributed by atoms with E-state index in [9.17, 15) is 19.5 Å². The van der Waals surface area contributed by atoms with Crippen LogP contribution < -0.4 is 20.1 Å². The lowest BCUT2D eigenvalue weighted by Gasteiger charge is -2.33. The fourth-order valence-electron chi connectivity index (χ4n) is 4.06. The number of aliphatic hydroxyl groups excluding tert-OH is 1. The summed E-state index contributed by atoms with van der Waals surface area (Å²) in [6, 6.07) is 4.43. The summed E-state index contributed by atoms with van der Waals surface area (Å²) in [7, 11) is 0. The fourth-order valence-corrected chi connectivity index (χ4v) is 4.06. The minimum absolute atomic E-state index is 0.00766. The van der Waals surface area contributed by atoms with Gasteiger partial charge < -0.3 is 30.1 Å². The molecule has 2 unspecified atom stereocenters. The van der Waals surface area contributed by atoms with Gasteiger partial charge >= 0.3 is 0 Å². The number of aliphatic hydroxyl groups is 1. The van der Waals surface area contributed by atoms with Gasteiger partial charge in [-0.3, -0.25) is 14.4 Å². The molecule has 2 aliphatic rings. The topological polar surface area (TPSA) is 117 Å². The van der Waals surface area contributed by atoms with Crippen molar-refractivity contribution in [3.63, 3.8) is 0 Å². The van der Waals surface area contributed by atoms with E-state index in [1.807, 2.05) is 13.8 Å². The quantitative estimate of drug-likeness (QED) is 0.553. The summed E-state index contributed by atoms with van der Waals surface area (Å²) in [5, 5.41) is 16.5. The normalized spacial score (nSPS) is 17.7. The van der Waals surface area contributed by atoms with Crippen LogP contribution in [0.2, 0.25) is 0 Å². The molecule has 1 saturated heterocycles. The number of hydrogen-bond acceptors (Lipinski definition) is 6. The molecule has 0 radical (unpaired) electrons. The van der Waals surface area contributed by atoms with Crippen LogP contribution in [-0.4, -0.2) is 66.3 Å². The molecule has 0 saturated carbocycles. The van der Waals surface area contributed by atoms with E-state index in [-0.39, 0.29) is 42.9 Å². The molecule has 3 amide bonds. The van der Waals surface area contributed by atoms with Gasteiger partial charge in [0.25, 0.3) is 5.91 Å². The molecule has 176 valence electrons. The molecule has 2 heterocycles. The van der Waals surface area contributed by atoms with Crippen molar-refractivity contribution in [1.82, 2.24) is 15.5 Å². The van der Waals surface area contributed by atoms with Gasteiger partial charge in [0, 0.05) is 38.0 Å². The molecule has 3 rings (SSSR count). The number of rotatable bonds is 8. The van der Waals surface area contributed by atoms with Gasteiger partial charge in [0.05, 0.1) is 12.1 Å². The summed E-state index contributed by atoms with van der Waals surface area (Å²) in [6.45, 7) is 6.84. The lowest BCUT2D eigenvalue weighted by Crippen LogP contribution is -2.51. The number of amides is 3. The molecule has 2 aliphatic heterocycles. The fraction of sp³-hybridized carbons (Fsp3) is 0.609. The van der Waals surface area contributed by atoms with Crippen LogP contribution in [0.3, 0.4) is 0 Å². The standard InChI is InChI=1S/C23H33N3O6/c1-14(2)10-18(25-23(30)16-6-8-26(9-7-16)15(3)27)19(28)12-24-22(29)17-4-5-20-21(11-17)32-13-31-20/h4-5,11,14,16,18-19,28H,6-10,12-13H2,1-3H3,(H,24,29)(H,25,30). The number of carbonyl (C=O) groups excluding carboxylic acids is 3. The molecule has 0 bridgehead atoms. The van der Waals surface area contributed by atoms with Gasteiger partial charge in [0.1, 0.15) is 0 Å². The van der Waals surface area contributed by atoms with Gasteiger partial charge in [-0.2, -0.15) is 0 Å². The number of piperidine rings is 1. The first-order valence-electron chi connectivity index (χ1n) is 11.2. The van der Waals surface area contributed by atoms with E-state index in [0.29, 0.717) is 49.4 Å². The molecule has 2 atom stereocenters. The zero-order valence-corrected chi connectivity index (χ0v) is 18.9. The van der Waals surface area contributed by atoms with Crippen molar-refractivity contribution in [2.24, 2.45) is 11.8 Å². The van der Waals surface area contributed by atoms with Crippen LogP contribution in [0.4, 0.5) is 0 Å². The summed E-state index contributed by atoms with van der Waals surface area (Å²) in [5.74, 6) is 0.743. The molecule has 1 fully saturated rings. The van der Waals surface area contributed by atoms with Gasteiger partial charge in [-0.15, -0.1) is 0 Å². The average molecular weight is 448 g/mol. The lowest BCUT2D eigenvalue weighted by molar-refractivity contribution is -0.134. The molecular formula is C23H33N3O6. The first-order valence-corrected chi connectivity index (χ1v) is 11.2. The van der Waals surface area contributed by atoms with Crippen molar-refractivity contribution >= 4 is 17.7 Å². The minimum atomic E-state index is -0.934. The van der Waals surface area contributed by atoms with Gasteiger partial charge in [-0.1, -0.05) is 13.8 Å². The van der Waals surface area contributed by atoms with E-state index in [4.69, 9.17) is 9.47 Å². The highest BCUT2D eigenvalue weighted by molar-refractivity contribution is 5.95. The van der Waals surface area contributed by atoms with Crippen molar-refractivity contribution in [2.45, 2.75) is 52.2 Å². The third-order valence-electron chi connectivity index (χ3n) is 5.94. The Hall–Kier alpha value is -2.81. The molecule has 3 N–H and O–H groups in total. The Labute approximate surface area is 188 Å². The number of benzene rings is 1. The minimum Gasteiger partial charge on any atom is -0.454 e. The molecule has 1 aromatic carbocycles. The van der Waals surface area contributed by atoms with E-state index in [1.54, 1.807) is 23.1 Å². The van der Waals surface area contributed by atoms with Crippen LogP contribution in [0.15, 0.2) is 18.2 Å². The molecule has 9 heteroatoms. The van der Waals surface area contributed by atoms with Gasteiger partial charge in [-0.05, 0) is 43.4 Å². The van der Waals surface area contributed by atoms with E-state index in [2.05, 4.69) is 10.6 Å². The summed E-state index contributed by atoms with van der Waals surface area (Å²) in [6.07, 6.45) is 0.865. The first-order chi connectivity index (χ1) is 15.2. The van der Waals surface area contributed by atoms with Crippen LogP contribution >= 0.6 is 0 Å². The lowest BCUT2D eigenvalue weighted by atomic mass is 9.93. The highest BCUT2D eigenvalue weighted by atomic mass is 16.7. The smallest absolute Gasteiger partial charge is 0.251 e. The molecule has 1 aromatic rings. The van der Waals surface area contributed by atoms with Crippen LogP contribution in [-0.2, 0) is 9.59 Å². The number of likely N-dealkylation sites (tertiary alicyclic amines) is 1. The Morgan fingerprint density at radius 2 is 1.84 bits per heavy atom. The summed E-state index contributed by atoms with van der Waals surface area (Å²) in [5.41, 5.74) is 0.406. The van der Waals surface area contributed by atoms with Crippen LogP contribution in [0.1, 0.15) is 50.4 Å². The molecule has 0 aromatic heterocycles. The third kappa shape index (κ3) is 6.12. The zero-order valence-electron chi connectivity index (χ0n) is 18.9. The number of nitrogens with one attached hydrogen (secondary N) is 2. The molecule has 9 nitrogen and oxygen atoms in total.